The fourth-order valence-electron chi connectivity index (χ4n) is 2.77. The lowest BCUT2D eigenvalue weighted by atomic mass is 9.97. The van der Waals surface area contributed by atoms with Gasteiger partial charge in [-0.1, -0.05) is 18.6 Å². The molecule has 2 rings (SSSR count). The van der Waals surface area contributed by atoms with Crippen LogP contribution in [-0.4, -0.2) is 34.8 Å². The van der Waals surface area contributed by atoms with Gasteiger partial charge in [0, 0.05) is 10.9 Å². The lowest BCUT2D eigenvalue weighted by molar-refractivity contribution is -0.145. The second kappa shape index (κ2) is 6.44. The maximum atomic E-state index is 11.7. The third-order valence-corrected chi connectivity index (χ3v) is 4.60. The second-order valence-corrected chi connectivity index (χ2v) is 5.98. The normalized spacial score (nSPS) is 22.1. The Kier molecular flexibility index (Phi) is 4.88. The minimum Gasteiger partial charge on any atom is -0.480 e. The smallest absolute Gasteiger partial charge is 0.325 e. The van der Waals surface area contributed by atoms with Crippen molar-refractivity contribution in [3.63, 3.8) is 0 Å². The van der Waals surface area contributed by atoms with Crippen LogP contribution in [0, 0.1) is 0 Å². The fourth-order valence-corrected chi connectivity index (χ4v) is 3.17. The topological polar surface area (TPSA) is 40.5 Å². The van der Waals surface area contributed by atoms with Crippen LogP contribution in [0.4, 0.5) is 0 Å². The van der Waals surface area contributed by atoms with Crippen molar-refractivity contribution >= 4 is 17.7 Å². The van der Waals surface area contributed by atoms with E-state index in [2.05, 4.69) is 11.8 Å². The molecule has 1 fully saturated rings. The number of hydrogen-bond acceptors (Lipinski definition) is 3. The molecule has 1 aliphatic heterocycles. The molecule has 4 heteroatoms. The molecule has 3 nitrogen and oxygen atoms in total. The minimum atomic E-state index is -0.745. The molecule has 1 N–H and O–H groups in total. The Labute approximate surface area is 119 Å². The molecule has 2 atom stereocenters. The van der Waals surface area contributed by atoms with Gasteiger partial charge in [0.2, 0.25) is 0 Å². The number of hydrogen-bond donors (Lipinski definition) is 1. The maximum absolute atomic E-state index is 11.7. The number of carbonyl (C=O) groups is 1. The summed E-state index contributed by atoms with van der Waals surface area (Å²) in [4.78, 5) is 14.9. The number of carboxylic acids is 1. The molecule has 0 radical (unpaired) electrons. The Morgan fingerprint density at radius 1 is 1.37 bits per heavy atom. The third-order valence-electron chi connectivity index (χ3n) is 3.85. The van der Waals surface area contributed by atoms with Crippen LogP contribution in [0.1, 0.15) is 37.8 Å². The summed E-state index contributed by atoms with van der Waals surface area (Å²) in [5, 5.41) is 9.58. The molecule has 1 aromatic carbocycles. The Bertz CT molecular complexity index is 432. The van der Waals surface area contributed by atoms with E-state index in [1.54, 1.807) is 11.8 Å². The van der Waals surface area contributed by atoms with Crippen LogP contribution in [0.3, 0.4) is 0 Å². The van der Waals surface area contributed by atoms with Gasteiger partial charge in [0.05, 0.1) is 0 Å². The highest BCUT2D eigenvalue weighted by molar-refractivity contribution is 7.98. The van der Waals surface area contributed by atoms with Gasteiger partial charge in [-0.25, -0.2) is 0 Å². The van der Waals surface area contributed by atoms with Crippen LogP contribution in [0.15, 0.2) is 29.2 Å². The van der Waals surface area contributed by atoms with E-state index in [1.165, 1.54) is 11.3 Å². The summed E-state index contributed by atoms with van der Waals surface area (Å²) in [6.07, 6.45) is 5.41. The number of piperidine rings is 1. The summed E-state index contributed by atoms with van der Waals surface area (Å²) in [7, 11) is 0. The summed E-state index contributed by atoms with van der Waals surface area (Å²) in [6.45, 7) is 3.01. The largest absolute Gasteiger partial charge is 0.480 e. The van der Waals surface area contributed by atoms with Crippen molar-refractivity contribution < 1.29 is 9.90 Å². The van der Waals surface area contributed by atoms with E-state index in [0.29, 0.717) is 6.04 Å². The Morgan fingerprint density at radius 3 is 2.58 bits per heavy atom. The highest BCUT2D eigenvalue weighted by atomic mass is 32.2. The van der Waals surface area contributed by atoms with E-state index in [1.807, 2.05) is 30.5 Å². The molecule has 104 valence electrons. The number of aliphatic carboxylic acids is 1. The first-order valence-electron chi connectivity index (χ1n) is 6.76. The summed E-state index contributed by atoms with van der Waals surface area (Å²) >= 11 is 1.67. The van der Waals surface area contributed by atoms with Gasteiger partial charge < -0.3 is 5.11 Å². The van der Waals surface area contributed by atoms with Crippen LogP contribution in [-0.2, 0) is 4.79 Å². The predicted molar refractivity (Wildman–Crippen MR) is 78.6 cm³/mol. The van der Waals surface area contributed by atoms with E-state index >= 15 is 0 Å². The molecular formula is C15H21NO2S. The minimum absolute atomic E-state index is 0.343. The van der Waals surface area contributed by atoms with Crippen LogP contribution in [0.5, 0.6) is 0 Å². The number of likely N-dealkylation sites (tertiary alicyclic amines) is 1. The van der Waals surface area contributed by atoms with E-state index in [4.69, 9.17) is 0 Å². The standard InChI is InChI=1S/C15H21NO2S/c1-11-5-3-4-10-16(11)14(15(17)18)12-6-8-13(19-2)9-7-12/h6-9,11,14H,3-5,10H2,1-2H3,(H,17,18). The Balaban J connectivity index is 2.25. The van der Waals surface area contributed by atoms with Gasteiger partial charge in [-0.3, -0.25) is 9.69 Å². The average Bonchev–Trinajstić information content (AvgIpc) is 2.42. The van der Waals surface area contributed by atoms with E-state index in [-0.39, 0.29) is 0 Å². The monoisotopic (exact) mass is 279 g/mol. The van der Waals surface area contributed by atoms with Crippen molar-refractivity contribution in [3.05, 3.63) is 29.8 Å². The summed E-state index contributed by atoms with van der Waals surface area (Å²) in [5.41, 5.74) is 0.888. The molecule has 0 aromatic heterocycles. The second-order valence-electron chi connectivity index (χ2n) is 5.10. The van der Waals surface area contributed by atoms with Gasteiger partial charge in [-0.15, -0.1) is 11.8 Å². The van der Waals surface area contributed by atoms with E-state index in [9.17, 15) is 9.90 Å². The number of benzene rings is 1. The van der Waals surface area contributed by atoms with Crippen LogP contribution in [0.2, 0.25) is 0 Å². The number of rotatable bonds is 4. The molecule has 1 aromatic rings. The number of carboxylic acid groups (broad SMARTS) is 1. The van der Waals surface area contributed by atoms with Crippen molar-refractivity contribution in [3.8, 4) is 0 Å². The Morgan fingerprint density at radius 2 is 2.05 bits per heavy atom. The summed E-state index contributed by atoms with van der Waals surface area (Å²) in [5.74, 6) is -0.745. The van der Waals surface area contributed by atoms with Crippen LogP contribution < -0.4 is 0 Å². The first-order valence-corrected chi connectivity index (χ1v) is 7.98. The fraction of sp³-hybridized carbons (Fsp3) is 0.533. The van der Waals surface area contributed by atoms with E-state index in [0.717, 1.165) is 24.9 Å². The van der Waals surface area contributed by atoms with Gasteiger partial charge in [0.15, 0.2) is 0 Å². The van der Waals surface area contributed by atoms with E-state index < -0.39 is 12.0 Å². The Hall–Kier alpha value is -1.00. The molecule has 1 aliphatic rings. The molecule has 0 aliphatic carbocycles. The highest BCUT2D eigenvalue weighted by Gasteiger charge is 2.32. The quantitative estimate of drug-likeness (QED) is 0.858. The van der Waals surface area contributed by atoms with Gasteiger partial charge in [-0.05, 0) is 50.3 Å². The van der Waals surface area contributed by atoms with Gasteiger partial charge >= 0.3 is 5.97 Å². The van der Waals surface area contributed by atoms with Gasteiger partial charge in [0.25, 0.3) is 0 Å². The zero-order valence-corrected chi connectivity index (χ0v) is 12.3. The lowest BCUT2D eigenvalue weighted by Crippen LogP contribution is -2.43. The molecular weight excluding hydrogens is 258 g/mol. The van der Waals surface area contributed by atoms with Crippen molar-refractivity contribution in [1.82, 2.24) is 4.90 Å². The molecule has 2 unspecified atom stereocenters. The number of thioether (sulfide) groups is 1. The summed E-state index contributed by atoms with van der Waals surface area (Å²) in [6, 6.07) is 7.74. The maximum Gasteiger partial charge on any atom is 0.325 e. The predicted octanol–water partition coefficient (Wildman–Crippen LogP) is 3.41. The van der Waals surface area contributed by atoms with Gasteiger partial charge in [0.1, 0.15) is 6.04 Å². The highest BCUT2D eigenvalue weighted by Crippen LogP contribution is 2.29. The zero-order chi connectivity index (χ0) is 13.8. The van der Waals surface area contributed by atoms with Crippen LogP contribution in [0.25, 0.3) is 0 Å². The molecule has 0 bridgehead atoms. The molecule has 0 amide bonds. The zero-order valence-electron chi connectivity index (χ0n) is 11.5. The van der Waals surface area contributed by atoms with Crippen molar-refractivity contribution in [2.75, 3.05) is 12.8 Å². The molecule has 0 saturated carbocycles. The average molecular weight is 279 g/mol. The van der Waals surface area contributed by atoms with Crippen molar-refractivity contribution in [2.45, 2.75) is 43.2 Å². The number of nitrogens with zero attached hydrogens (tertiary/aromatic N) is 1. The first-order chi connectivity index (χ1) is 9.13. The first kappa shape index (κ1) is 14.4. The molecule has 1 heterocycles. The third kappa shape index (κ3) is 3.31. The van der Waals surface area contributed by atoms with Gasteiger partial charge in [-0.2, -0.15) is 0 Å². The van der Waals surface area contributed by atoms with Crippen LogP contribution >= 0.6 is 11.8 Å². The summed E-state index contributed by atoms with van der Waals surface area (Å²) < 4.78 is 0. The lowest BCUT2D eigenvalue weighted by Gasteiger charge is -2.37. The molecule has 1 saturated heterocycles. The molecule has 19 heavy (non-hydrogen) atoms. The SMILES string of the molecule is CSc1ccc(C(C(=O)O)N2CCCCC2C)cc1. The molecule has 0 spiro atoms. The van der Waals surface area contributed by atoms with Crippen molar-refractivity contribution in [2.24, 2.45) is 0 Å². The van der Waals surface area contributed by atoms with Crippen molar-refractivity contribution in [1.29, 1.82) is 0 Å².